The highest BCUT2D eigenvalue weighted by Crippen LogP contribution is 2.23. The fourth-order valence-corrected chi connectivity index (χ4v) is 3.20. The summed E-state index contributed by atoms with van der Waals surface area (Å²) in [6, 6.07) is 5.87. The van der Waals surface area contributed by atoms with Crippen LogP contribution in [-0.2, 0) is 11.2 Å². The second-order valence-corrected chi connectivity index (χ2v) is 6.48. The number of amides is 1. The van der Waals surface area contributed by atoms with E-state index in [9.17, 15) is 4.79 Å². The first-order chi connectivity index (χ1) is 12.1. The van der Waals surface area contributed by atoms with Crippen LogP contribution in [-0.4, -0.2) is 62.7 Å². The molecule has 3 aromatic rings. The number of hydrogen-bond donors (Lipinski definition) is 1. The third-order valence-electron chi connectivity index (χ3n) is 4.69. The first kappa shape index (κ1) is 15.8. The summed E-state index contributed by atoms with van der Waals surface area (Å²) in [7, 11) is 2.01. The second-order valence-electron chi connectivity index (χ2n) is 6.48. The summed E-state index contributed by atoms with van der Waals surface area (Å²) in [5.74, 6) is 1.29. The molecule has 0 unspecified atom stereocenters. The van der Waals surface area contributed by atoms with Crippen LogP contribution in [0.3, 0.4) is 0 Å². The average molecular weight is 340 g/mol. The number of piperazine rings is 1. The molecule has 0 spiro atoms. The summed E-state index contributed by atoms with van der Waals surface area (Å²) in [5, 5.41) is 11.8. The fourth-order valence-electron chi connectivity index (χ4n) is 3.20. The van der Waals surface area contributed by atoms with Gasteiger partial charge in [-0.1, -0.05) is 11.2 Å². The molecule has 8 nitrogen and oxygen atoms in total. The standard InChI is InChI=1S/C17H20N6O2/c1-11-19-17(25-21-11)15-10-23(6-5-22(15)2)16(24)8-12-3-4-14-13(7-12)9-18-20-14/h3-4,7,9,15H,5-6,8,10H2,1-2H3,(H,18,20)/t15-/m1/s1. The van der Waals surface area contributed by atoms with E-state index in [1.54, 1.807) is 13.1 Å². The maximum atomic E-state index is 12.7. The Morgan fingerprint density at radius 1 is 1.40 bits per heavy atom. The summed E-state index contributed by atoms with van der Waals surface area (Å²) in [6.07, 6.45) is 2.15. The van der Waals surface area contributed by atoms with Gasteiger partial charge in [-0.3, -0.25) is 14.8 Å². The van der Waals surface area contributed by atoms with Crippen molar-refractivity contribution in [1.82, 2.24) is 30.1 Å². The minimum atomic E-state index is -0.0600. The molecule has 1 aliphatic rings. The lowest BCUT2D eigenvalue weighted by molar-refractivity contribution is -0.133. The second kappa shape index (κ2) is 6.29. The minimum absolute atomic E-state index is 0.0600. The van der Waals surface area contributed by atoms with E-state index in [2.05, 4.69) is 25.2 Å². The van der Waals surface area contributed by atoms with Gasteiger partial charge in [0.1, 0.15) is 6.04 Å². The lowest BCUT2D eigenvalue weighted by atomic mass is 10.1. The van der Waals surface area contributed by atoms with Gasteiger partial charge in [0.15, 0.2) is 5.82 Å². The maximum Gasteiger partial charge on any atom is 0.245 e. The molecule has 1 aromatic carbocycles. The number of carbonyl (C=O) groups excluding carboxylic acids is 1. The SMILES string of the molecule is Cc1noc([C@H]2CN(C(=O)Cc3ccc4[nH]ncc4c3)CCN2C)n1. The Balaban J connectivity index is 1.47. The summed E-state index contributed by atoms with van der Waals surface area (Å²) >= 11 is 0. The Morgan fingerprint density at radius 2 is 2.28 bits per heavy atom. The molecule has 0 aliphatic carbocycles. The number of rotatable bonds is 3. The number of H-pyrrole nitrogens is 1. The van der Waals surface area contributed by atoms with Crippen LogP contribution in [0.25, 0.3) is 10.9 Å². The van der Waals surface area contributed by atoms with E-state index in [0.717, 1.165) is 23.0 Å². The molecule has 3 heterocycles. The van der Waals surface area contributed by atoms with Gasteiger partial charge in [-0.25, -0.2) is 0 Å². The quantitative estimate of drug-likeness (QED) is 0.773. The number of aryl methyl sites for hydroxylation is 1. The number of nitrogens with zero attached hydrogens (tertiary/aromatic N) is 5. The molecule has 0 saturated carbocycles. The first-order valence-electron chi connectivity index (χ1n) is 8.30. The molecule has 25 heavy (non-hydrogen) atoms. The van der Waals surface area contributed by atoms with Crippen molar-refractivity contribution in [2.75, 3.05) is 26.7 Å². The molecular formula is C17H20N6O2. The molecule has 0 bridgehead atoms. The van der Waals surface area contributed by atoms with Crippen LogP contribution in [0, 0.1) is 6.92 Å². The largest absolute Gasteiger partial charge is 0.339 e. The highest BCUT2D eigenvalue weighted by molar-refractivity contribution is 5.83. The van der Waals surface area contributed by atoms with Crippen molar-refractivity contribution in [1.29, 1.82) is 0 Å². The smallest absolute Gasteiger partial charge is 0.245 e. The predicted molar refractivity (Wildman–Crippen MR) is 90.8 cm³/mol. The number of nitrogens with one attached hydrogen (secondary N) is 1. The highest BCUT2D eigenvalue weighted by Gasteiger charge is 2.31. The van der Waals surface area contributed by atoms with E-state index >= 15 is 0 Å². The first-order valence-corrected chi connectivity index (χ1v) is 8.30. The molecular weight excluding hydrogens is 320 g/mol. The number of likely N-dealkylation sites (N-methyl/N-ethyl adjacent to an activating group) is 1. The van der Waals surface area contributed by atoms with Gasteiger partial charge in [0.05, 0.1) is 18.1 Å². The molecule has 1 fully saturated rings. The van der Waals surface area contributed by atoms with E-state index in [0.29, 0.717) is 31.2 Å². The van der Waals surface area contributed by atoms with Crippen LogP contribution in [0.15, 0.2) is 28.9 Å². The number of fused-ring (bicyclic) bond motifs is 1. The predicted octanol–water partition coefficient (Wildman–Crippen LogP) is 1.31. The van der Waals surface area contributed by atoms with Crippen LogP contribution in [0.4, 0.5) is 0 Å². The summed E-state index contributed by atoms with van der Waals surface area (Å²) in [4.78, 5) is 21.1. The third kappa shape index (κ3) is 3.12. The zero-order valence-corrected chi connectivity index (χ0v) is 14.3. The van der Waals surface area contributed by atoms with Gasteiger partial charge in [-0.15, -0.1) is 0 Å². The summed E-state index contributed by atoms with van der Waals surface area (Å²) in [5.41, 5.74) is 1.96. The lowest BCUT2D eigenvalue weighted by Gasteiger charge is -2.37. The average Bonchev–Trinajstić information content (AvgIpc) is 3.23. The fraction of sp³-hybridized carbons (Fsp3) is 0.412. The molecule has 1 aliphatic heterocycles. The van der Waals surface area contributed by atoms with E-state index in [4.69, 9.17) is 4.52 Å². The number of aromatic amines is 1. The Hall–Kier alpha value is -2.74. The summed E-state index contributed by atoms with van der Waals surface area (Å²) < 4.78 is 5.31. The van der Waals surface area contributed by atoms with Crippen LogP contribution < -0.4 is 0 Å². The van der Waals surface area contributed by atoms with Crippen molar-refractivity contribution in [3.8, 4) is 0 Å². The lowest BCUT2D eigenvalue weighted by Crippen LogP contribution is -2.49. The number of benzene rings is 1. The van der Waals surface area contributed by atoms with E-state index in [-0.39, 0.29) is 11.9 Å². The van der Waals surface area contributed by atoms with Crippen LogP contribution in [0.2, 0.25) is 0 Å². The van der Waals surface area contributed by atoms with Crippen LogP contribution >= 0.6 is 0 Å². The van der Waals surface area contributed by atoms with E-state index < -0.39 is 0 Å². The highest BCUT2D eigenvalue weighted by atomic mass is 16.5. The molecule has 130 valence electrons. The molecule has 1 atom stereocenters. The zero-order valence-electron chi connectivity index (χ0n) is 14.3. The molecule has 4 rings (SSSR count). The van der Waals surface area contributed by atoms with Gasteiger partial charge < -0.3 is 9.42 Å². The van der Waals surface area contributed by atoms with Crippen LogP contribution in [0.5, 0.6) is 0 Å². The van der Waals surface area contributed by atoms with Gasteiger partial charge in [-0.05, 0) is 31.7 Å². The van der Waals surface area contributed by atoms with Crippen LogP contribution in [0.1, 0.15) is 23.3 Å². The van der Waals surface area contributed by atoms with Gasteiger partial charge in [-0.2, -0.15) is 10.1 Å². The Bertz CT molecular complexity index is 901. The maximum absolute atomic E-state index is 12.7. The molecule has 2 aromatic heterocycles. The Kier molecular flexibility index (Phi) is 3.96. The molecule has 1 saturated heterocycles. The van der Waals surface area contributed by atoms with Gasteiger partial charge in [0.25, 0.3) is 0 Å². The van der Waals surface area contributed by atoms with E-state index in [1.165, 1.54) is 0 Å². The van der Waals surface area contributed by atoms with E-state index in [1.807, 2.05) is 30.1 Å². The van der Waals surface area contributed by atoms with Crippen molar-refractivity contribution >= 4 is 16.8 Å². The van der Waals surface area contributed by atoms with Crippen molar-refractivity contribution in [3.63, 3.8) is 0 Å². The van der Waals surface area contributed by atoms with Crippen molar-refractivity contribution in [3.05, 3.63) is 41.7 Å². The Morgan fingerprint density at radius 3 is 3.08 bits per heavy atom. The zero-order chi connectivity index (χ0) is 17.4. The third-order valence-corrected chi connectivity index (χ3v) is 4.69. The number of aromatic nitrogens is 4. The van der Waals surface area contributed by atoms with Gasteiger partial charge >= 0.3 is 0 Å². The van der Waals surface area contributed by atoms with Gasteiger partial charge in [0.2, 0.25) is 11.8 Å². The number of carbonyl (C=O) groups is 1. The normalized spacial score (nSPS) is 18.8. The summed E-state index contributed by atoms with van der Waals surface area (Å²) in [6.45, 7) is 3.83. The van der Waals surface area contributed by atoms with Crippen molar-refractivity contribution in [2.24, 2.45) is 0 Å². The molecule has 8 heteroatoms. The van der Waals surface area contributed by atoms with Crippen molar-refractivity contribution < 1.29 is 9.32 Å². The Labute approximate surface area is 144 Å². The topological polar surface area (TPSA) is 91.2 Å². The van der Waals surface area contributed by atoms with Crippen molar-refractivity contribution in [2.45, 2.75) is 19.4 Å². The monoisotopic (exact) mass is 340 g/mol. The number of hydrogen-bond acceptors (Lipinski definition) is 6. The minimum Gasteiger partial charge on any atom is -0.339 e. The molecule has 1 N–H and O–H groups in total. The molecule has 1 amide bonds. The molecule has 0 radical (unpaired) electrons. The van der Waals surface area contributed by atoms with Gasteiger partial charge in [0, 0.05) is 25.0 Å².